The predicted octanol–water partition coefficient (Wildman–Crippen LogP) is 5.15. The third-order valence-corrected chi connectivity index (χ3v) is 5.82. The number of rotatable bonds is 5. The smallest absolute Gasteiger partial charge is 0.283 e. The maximum Gasteiger partial charge on any atom is 0.283 e. The van der Waals surface area contributed by atoms with E-state index in [1.54, 1.807) is 24.3 Å². The molecule has 1 aliphatic rings. The minimum absolute atomic E-state index is 0.210. The van der Waals surface area contributed by atoms with Crippen LogP contribution in [-0.4, -0.2) is 17.3 Å². The van der Waals surface area contributed by atoms with E-state index in [4.69, 9.17) is 14.2 Å². The van der Waals surface area contributed by atoms with E-state index in [0.717, 1.165) is 10.2 Å². The number of nitrogens with zero attached hydrogens (tertiary/aromatic N) is 2. The molecule has 5 rings (SSSR count). The van der Waals surface area contributed by atoms with Crippen LogP contribution in [0.4, 0.5) is 0 Å². The van der Waals surface area contributed by atoms with Crippen LogP contribution in [0, 0.1) is 0 Å². The van der Waals surface area contributed by atoms with Crippen LogP contribution < -0.4 is 19.0 Å². The Morgan fingerprint density at radius 1 is 1.10 bits per heavy atom. The summed E-state index contributed by atoms with van der Waals surface area (Å²) in [6.07, 6.45) is 1.77. The second-order valence-corrected chi connectivity index (χ2v) is 7.79. The maximum absolute atomic E-state index is 13.1. The van der Waals surface area contributed by atoms with Gasteiger partial charge in [0.1, 0.15) is 11.5 Å². The topological polar surface area (TPSA) is 62.1 Å². The monoisotopic (exact) mass is 430 g/mol. The van der Waals surface area contributed by atoms with E-state index in [9.17, 15) is 4.79 Å². The highest BCUT2D eigenvalue weighted by Crippen LogP contribution is 2.37. The zero-order valence-electron chi connectivity index (χ0n) is 16.5. The van der Waals surface area contributed by atoms with Gasteiger partial charge in [-0.05, 0) is 24.3 Å². The summed E-state index contributed by atoms with van der Waals surface area (Å²) < 4.78 is 19.8. The molecule has 1 amide bonds. The second-order valence-electron chi connectivity index (χ2n) is 6.79. The summed E-state index contributed by atoms with van der Waals surface area (Å²) in [5.74, 6) is 2.11. The van der Waals surface area contributed by atoms with Gasteiger partial charge in [0.25, 0.3) is 5.91 Å². The molecule has 0 bridgehead atoms. The molecule has 0 saturated heterocycles. The van der Waals surface area contributed by atoms with E-state index in [1.165, 1.54) is 11.3 Å². The molecule has 3 aromatic carbocycles. The lowest BCUT2D eigenvalue weighted by Gasteiger charge is -2.08. The molecule has 0 aliphatic carbocycles. The molecule has 0 radical (unpaired) electrons. The van der Waals surface area contributed by atoms with Gasteiger partial charge in [-0.25, -0.2) is 0 Å². The molecule has 1 aliphatic heterocycles. The Kier molecular flexibility index (Phi) is 5.01. The molecule has 0 unspecified atom stereocenters. The number of hydrogen-bond acceptors (Lipinski definition) is 5. The Morgan fingerprint density at radius 2 is 1.84 bits per heavy atom. The number of ether oxygens (including phenoxy) is 3. The first kappa shape index (κ1) is 19.1. The Bertz CT molecular complexity index is 1360. The Labute approximate surface area is 182 Å². The van der Waals surface area contributed by atoms with E-state index in [2.05, 4.69) is 11.6 Å². The number of thiazole rings is 1. The van der Waals surface area contributed by atoms with Crippen molar-refractivity contribution in [2.24, 2.45) is 4.99 Å². The van der Waals surface area contributed by atoms with Crippen molar-refractivity contribution in [3.8, 4) is 23.0 Å². The van der Waals surface area contributed by atoms with Crippen LogP contribution >= 0.6 is 11.3 Å². The SMILES string of the molecule is C=CCn1c(=NC(=O)c2ccccc2Oc2ccccc2)sc2cc3c(cc21)OCO3. The van der Waals surface area contributed by atoms with Gasteiger partial charge in [-0.15, -0.1) is 6.58 Å². The van der Waals surface area contributed by atoms with Gasteiger partial charge < -0.3 is 18.8 Å². The highest BCUT2D eigenvalue weighted by Gasteiger charge is 2.18. The van der Waals surface area contributed by atoms with E-state index >= 15 is 0 Å². The molecule has 1 aromatic heterocycles. The number of amides is 1. The molecule has 0 spiro atoms. The quantitative estimate of drug-likeness (QED) is 0.411. The minimum atomic E-state index is -0.379. The molecule has 7 heteroatoms. The van der Waals surface area contributed by atoms with Gasteiger partial charge in [0.05, 0.1) is 15.8 Å². The molecule has 0 saturated carbocycles. The van der Waals surface area contributed by atoms with Crippen molar-refractivity contribution in [1.29, 1.82) is 0 Å². The van der Waals surface area contributed by atoms with Crippen LogP contribution in [0.1, 0.15) is 10.4 Å². The van der Waals surface area contributed by atoms with Gasteiger partial charge >= 0.3 is 0 Å². The van der Waals surface area contributed by atoms with Crippen LogP contribution in [0.5, 0.6) is 23.0 Å². The molecule has 6 nitrogen and oxygen atoms in total. The molecule has 154 valence electrons. The van der Waals surface area contributed by atoms with Crippen LogP contribution in [0.15, 0.2) is 84.4 Å². The number of aromatic nitrogens is 1. The Hall–Kier alpha value is -3.84. The fourth-order valence-corrected chi connectivity index (χ4v) is 4.39. The van der Waals surface area contributed by atoms with Crippen molar-refractivity contribution in [3.63, 3.8) is 0 Å². The summed E-state index contributed by atoms with van der Waals surface area (Å²) in [6.45, 7) is 4.55. The van der Waals surface area contributed by atoms with Gasteiger partial charge in [-0.3, -0.25) is 4.79 Å². The number of benzene rings is 3. The van der Waals surface area contributed by atoms with E-state index in [0.29, 0.717) is 39.9 Å². The Morgan fingerprint density at radius 3 is 2.65 bits per heavy atom. The number of para-hydroxylation sites is 2. The molecule has 0 fully saturated rings. The predicted molar refractivity (Wildman–Crippen MR) is 119 cm³/mol. The molecule has 0 atom stereocenters. The molecular weight excluding hydrogens is 412 g/mol. The van der Waals surface area contributed by atoms with Gasteiger partial charge in [0, 0.05) is 18.7 Å². The number of carbonyl (C=O) groups excluding carboxylic acids is 1. The van der Waals surface area contributed by atoms with Crippen molar-refractivity contribution < 1.29 is 19.0 Å². The van der Waals surface area contributed by atoms with Crippen molar-refractivity contribution in [2.75, 3.05) is 6.79 Å². The summed E-state index contributed by atoms with van der Waals surface area (Å²) >= 11 is 1.41. The molecule has 2 heterocycles. The first-order valence-corrected chi connectivity index (χ1v) is 10.5. The molecule has 0 N–H and O–H groups in total. The second kappa shape index (κ2) is 8.12. The van der Waals surface area contributed by atoms with Crippen LogP contribution in [-0.2, 0) is 6.54 Å². The normalized spacial score (nSPS) is 12.8. The minimum Gasteiger partial charge on any atom is -0.457 e. The van der Waals surface area contributed by atoms with Crippen molar-refractivity contribution in [3.05, 3.63) is 89.7 Å². The highest BCUT2D eigenvalue weighted by atomic mass is 32.1. The van der Waals surface area contributed by atoms with Crippen LogP contribution in [0.2, 0.25) is 0 Å². The third kappa shape index (κ3) is 3.71. The molecule has 4 aromatic rings. The average molecular weight is 430 g/mol. The largest absolute Gasteiger partial charge is 0.457 e. The van der Waals surface area contributed by atoms with E-state index < -0.39 is 0 Å². The lowest BCUT2D eigenvalue weighted by molar-refractivity contribution is 0.0995. The third-order valence-electron chi connectivity index (χ3n) is 4.77. The fourth-order valence-electron chi connectivity index (χ4n) is 3.35. The lowest BCUT2D eigenvalue weighted by atomic mass is 10.2. The standard InChI is InChI=1S/C24H18N2O4S/c1-2-12-26-18-13-20-21(29-15-28-20)14-22(18)31-24(26)25-23(27)17-10-6-7-11-19(17)30-16-8-4-3-5-9-16/h2-11,13-14H,1,12,15H2. The maximum atomic E-state index is 13.1. The first-order chi connectivity index (χ1) is 15.2. The highest BCUT2D eigenvalue weighted by molar-refractivity contribution is 7.16. The summed E-state index contributed by atoms with van der Waals surface area (Å²) in [6, 6.07) is 20.3. The van der Waals surface area contributed by atoms with E-state index in [-0.39, 0.29) is 12.7 Å². The number of hydrogen-bond donors (Lipinski definition) is 0. The summed E-state index contributed by atoms with van der Waals surface area (Å²) in [7, 11) is 0. The number of allylic oxidation sites excluding steroid dienone is 1. The zero-order chi connectivity index (χ0) is 21.2. The summed E-state index contributed by atoms with van der Waals surface area (Å²) in [5.41, 5.74) is 1.30. The Balaban J connectivity index is 1.57. The van der Waals surface area contributed by atoms with Crippen molar-refractivity contribution >= 4 is 27.5 Å². The van der Waals surface area contributed by atoms with Gasteiger partial charge in [0.2, 0.25) is 6.79 Å². The average Bonchev–Trinajstić information content (AvgIpc) is 3.37. The van der Waals surface area contributed by atoms with Crippen LogP contribution in [0.3, 0.4) is 0 Å². The number of carbonyl (C=O) groups is 1. The van der Waals surface area contributed by atoms with Crippen molar-refractivity contribution in [2.45, 2.75) is 6.54 Å². The van der Waals surface area contributed by atoms with Gasteiger partial charge in [0.15, 0.2) is 16.3 Å². The van der Waals surface area contributed by atoms with Crippen LogP contribution in [0.25, 0.3) is 10.2 Å². The van der Waals surface area contributed by atoms with Gasteiger partial charge in [-0.1, -0.05) is 47.7 Å². The first-order valence-electron chi connectivity index (χ1n) is 9.68. The van der Waals surface area contributed by atoms with Gasteiger partial charge in [-0.2, -0.15) is 4.99 Å². The van der Waals surface area contributed by atoms with Crippen molar-refractivity contribution in [1.82, 2.24) is 4.57 Å². The van der Waals surface area contributed by atoms with E-state index in [1.807, 2.05) is 53.1 Å². The molecule has 31 heavy (non-hydrogen) atoms. The zero-order valence-corrected chi connectivity index (χ0v) is 17.3. The number of fused-ring (bicyclic) bond motifs is 2. The molecular formula is C24H18N2O4S. The summed E-state index contributed by atoms with van der Waals surface area (Å²) in [4.78, 5) is 18.1. The lowest BCUT2D eigenvalue weighted by Crippen LogP contribution is -2.16. The summed E-state index contributed by atoms with van der Waals surface area (Å²) in [5, 5.41) is 0. The fraction of sp³-hybridized carbons (Fsp3) is 0.0833.